The molecule has 0 saturated heterocycles. The van der Waals surface area contributed by atoms with E-state index in [1.54, 1.807) is 55.6 Å². The lowest BCUT2D eigenvalue weighted by Crippen LogP contribution is -2.30. The Morgan fingerprint density at radius 2 is 1.66 bits per heavy atom. The molecule has 3 rings (SSSR count). The van der Waals surface area contributed by atoms with Crippen molar-refractivity contribution in [1.29, 1.82) is 0 Å². The van der Waals surface area contributed by atoms with Gasteiger partial charge in [-0.1, -0.05) is 23.7 Å². The second kappa shape index (κ2) is 9.88. The number of hydrogen-bond donors (Lipinski definition) is 3. The number of ketones is 1. The van der Waals surface area contributed by atoms with Crippen LogP contribution in [0.2, 0.25) is 5.02 Å². The molecule has 164 valence electrons. The van der Waals surface area contributed by atoms with Crippen molar-refractivity contribution in [2.45, 2.75) is 0 Å². The molecule has 3 N–H and O–H groups in total. The van der Waals surface area contributed by atoms with Crippen LogP contribution >= 0.6 is 11.6 Å². The van der Waals surface area contributed by atoms with Crippen LogP contribution in [0.25, 0.3) is 0 Å². The van der Waals surface area contributed by atoms with Gasteiger partial charge >= 0.3 is 0 Å². The highest BCUT2D eigenvalue weighted by atomic mass is 35.5. The Kier molecular flexibility index (Phi) is 7.01. The van der Waals surface area contributed by atoms with E-state index >= 15 is 0 Å². The maximum Gasteiger partial charge on any atom is 0.294 e. The van der Waals surface area contributed by atoms with E-state index in [1.165, 1.54) is 25.2 Å². The second-order valence-corrected chi connectivity index (χ2v) is 7.28. The number of hydrogen-bond acceptors (Lipinski definition) is 7. The Morgan fingerprint density at radius 3 is 2.31 bits per heavy atom. The molecule has 1 aromatic heterocycles. The summed E-state index contributed by atoms with van der Waals surface area (Å²) in [6.45, 7) is 0. The van der Waals surface area contributed by atoms with Crippen molar-refractivity contribution in [1.82, 2.24) is 20.2 Å². The first-order chi connectivity index (χ1) is 15.3. The number of benzene rings is 2. The van der Waals surface area contributed by atoms with Crippen LogP contribution in [0.15, 0.2) is 54.7 Å². The third-order valence-electron chi connectivity index (χ3n) is 4.40. The lowest BCUT2D eigenvalue weighted by Gasteiger charge is -2.14. The summed E-state index contributed by atoms with van der Waals surface area (Å²) in [4.78, 5) is 46.1. The fourth-order valence-corrected chi connectivity index (χ4v) is 2.87. The molecule has 2 aromatic carbocycles. The Bertz CT molecular complexity index is 1160. The summed E-state index contributed by atoms with van der Waals surface area (Å²) in [5, 5.41) is 8.82. The number of likely N-dealkylation sites (N-methyl/N-ethyl adjacent to an activating group) is 1. The van der Waals surface area contributed by atoms with E-state index in [0.29, 0.717) is 16.9 Å². The quantitative estimate of drug-likeness (QED) is 0.372. The smallest absolute Gasteiger partial charge is 0.294 e. The van der Waals surface area contributed by atoms with Crippen LogP contribution in [-0.4, -0.2) is 53.6 Å². The summed E-state index contributed by atoms with van der Waals surface area (Å²) in [5.74, 6) is -0.985. The highest BCUT2D eigenvalue weighted by Crippen LogP contribution is 2.27. The van der Waals surface area contributed by atoms with E-state index in [9.17, 15) is 14.4 Å². The minimum Gasteiger partial charge on any atom is -0.355 e. The molecule has 2 amide bonds. The van der Waals surface area contributed by atoms with Gasteiger partial charge in [0.2, 0.25) is 5.95 Å². The van der Waals surface area contributed by atoms with Crippen molar-refractivity contribution in [2.75, 3.05) is 31.8 Å². The first-order valence-electron chi connectivity index (χ1n) is 9.54. The minimum absolute atomic E-state index is 0.188. The number of anilines is 4. The number of nitrogens with one attached hydrogen (secondary N) is 3. The van der Waals surface area contributed by atoms with Gasteiger partial charge in [-0.2, -0.15) is 4.98 Å². The molecule has 0 bridgehead atoms. The maximum atomic E-state index is 12.5. The average molecular weight is 453 g/mol. The van der Waals surface area contributed by atoms with Crippen molar-refractivity contribution in [3.8, 4) is 0 Å². The number of amides is 2. The molecule has 0 radical (unpaired) electrons. The van der Waals surface area contributed by atoms with Crippen molar-refractivity contribution in [3.63, 3.8) is 0 Å². The van der Waals surface area contributed by atoms with Gasteiger partial charge in [-0.15, -0.1) is 0 Å². The number of halogens is 1. The number of para-hydroxylation sites is 1. The van der Waals surface area contributed by atoms with Crippen LogP contribution < -0.4 is 16.0 Å². The largest absolute Gasteiger partial charge is 0.355 e. The fourth-order valence-electron chi connectivity index (χ4n) is 2.73. The summed E-state index contributed by atoms with van der Waals surface area (Å²) < 4.78 is 0. The Labute approximate surface area is 189 Å². The number of carbonyl (C=O) groups excluding carboxylic acids is 3. The summed E-state index contributed by atoms with van der Waals surface area (Å²) in [6, 6.07) is 13.4. The first kappa shape index (κ1) is 22.7. The normalized spacial score (nSPS) is 10.2. The summed E-state index contributed by atoms with van der Waals surface area (Å²) in [5.41, 5.74) is 1.76. The fraction of sp³-hybridized carbons (Fsp3) is 0.136. The van der Waals surface area contributed by atoms with Crippen LogP contribution in [0.5, 0.6) is 0 Å². The predicted octanol–water partition coefficient (Wildman–Crippen LogP) is 3.25. The second-order valence-electron chi connectivity index (χ2n) is 6.87. The number of rotatable bonds is 7. The van der Waals surface area contributed by atoms with E-state index < -0.39 is 11.7 Å². The van der Waals surface area contributed by atoms with E-state index in [-0.39, 0.29) is 28.3 Å². The van der Waals surface area contributed by atoms with E-state index in [0.717, 1.165) is 0 Å². The number of aromatic nitrogens is 2. The van der Waals surface area contributed by atoms with Gasteiger partial charge in [0.25, 0.3) is 17.6 Å². The summed E-state index contributed by atoms with van der Waals surface area (Å²) in [7, 11) is 4.58. The predicted molar refractivity (Wildman–Crippen MR) is 123 cm³/mol. The van der Waals surface area contributed by atoms with Gasteiger partial charge in [0.1, 0.15) is 5.02 Å². The monoisotopic (exact) mass is 452 g/mol. The lowest BCUT2D eigenvalue weighted by molar-refractivity contribution is -0.124. The molecular weight excluding hydrogens is 432 g/mol. The molecule has 3 aromatic rings. The Balaban J connectivity index is 1.84. The van der Waals surface area contributed by atoms with Crippen LogP contribution in [-0.2, 0) is 4.79 Å². The topological polar surface area (TPSA) is 116 Å². The summed E-state index contributed by atoms with van der Waals surface area (Å²) in [6.07, 6.45) is 1.41. The van der Waals surface area contributed by atoms with Crippen molar-refractivity contribution in [2.24, 2.45) is 0 Å². The zero-order valence-electron chi connectivity index (χ0n) is 17.6. The Morgan fingerprint density at radius 1 is 0.969 bits per heavy atom. The molecule has 32 heavy (non-hydrogen) atoms. The molecule has 0 spiro atoms. The molecule has 10 heteroatoms. The number of carbonyl (C=O) groups is 3. The highest BCUT2D eigenvalue weighted by molar-refractivity contribution is 6.43. The van der Waals surface area contributed by atoms with Crippen LogP contribution in [0, 0.1) is 0 Å². The molecule has 0 aliphatic carbocycles. The molecule has 0 aliphatic heterocycles. The van der Waals surface area contributed by atoms with Crippen molar-refractivity contribution < 1.29 is 14.4 Å². The van der Waals surface area contributed by atoms with Crippen molar-refractivity contribution >= 4 is 52.3 Å². The molecule has 1 heterocycles. The zero-order chi connectivity index (χ0) is 23.3. The first-order valence-corrected chi connectivity index (χ1v) is 9.91. The molecular formula is C22H21ClN6O3. The number of nitrogens with zero attached hydrogens (tertiary/aromatic N) is 3. The maximum absolute atomic E-state index is 12.5. The molecule has 0 unspecified atom stereocenters. The van der Waals surface area contributed by atoms with Crippen molar-refractivity contribution in [3.05, 3.63) is 70.9 Å². The molecule has 0 atom stereocenters. The van der Waals surface area contributed by atoms with Gasteiger partial charge in [0, 0.05) is 32.4 Å². The minimum atomic E-state index is -0.655. The van der Waals surface area contributed by atoms with Gasteiger partial charge in [0.15, 0.2) is 5.82 Å². The number of Topliss-reactive ketones (excluding diaryl/α,β-unsaturated/α-hetero) is 1. The standard InChI is InChI=1S/C22H21ClN6O3/c1-24-20(31)13-8-10-14(11-9-13)26-22-25-12-16(23)19(28-22)27-17-7-5-4-6-15(17)18(30)21(32)29(2)3/h4-12H,1-3H3,(H,24,31)(H2,25,26,27,28). The molecule has 0 fully saturated rings. The van der Waals surface area contributed by atoms with E-state index in [2.05, 4.69) is 25.9 Å². The van der Waals surface area contributed by atoms with Crippen LogP contribution in [0.1, 0.15) is 20.7 Å². The van der Waals surface area contributed by atoms with Crippen LogP contribution in [0.3, 0.4) is 0 Å². The van der Waals surface area contributed by atoms with E-state index in [1.807, 2.05) is 0 Å². The van der Waals surface area contributed by atoms with Gasteiger partial charge in [0.05, 0.1) is 17.4 Å². The average Bonchev–Trinajstić information content (AvgIpc) is 2.80. The van der Waals surface area contributed by atoms with Gasteiger partial charge in [-0.3, -0.25) is 14.4 Å². The van der Waals surface area contributed by atoms with Crippen LogP contribution in [0.4, 0.5) is 23.1 Å². The van der Waals surface area contributed by atoms with Gasteiger partial charge in [-0.25, -0.2) is 4.98 Å². The zero-order valence-corrected chi connectivity index (χ0v) is 18.4. The SMILES string of the molecule is CNC(=O)c1ccc(Nc2ncc(Cl)c(Nc3ccccc3C(=O)C(=O)N(C)C)n2)cc1. The van der Waals surface area contributed by atoms with Gasteiger partial charge < -0.3 is 20.9 Å². The molecule has 9 nitrogen and oxygen atoms in total. The third-order valence-corrected chi connectivity index (χ3v) is 4.68. The molecule has 0 saturated carbocycles. The molecule has 0 aliphatic rings. The highest BCUT2D eigenvalue weighted by Gasteiger charge is 2.21. The van der Waals surface area contributed by atoms with Gasteiger partial charge in [-0.05, 0) is 36.4 Å². The lowest BCUT2D eigenvalue weighted by atomic mass is 10.1. The summed E-state index contributed by atoms with van der Waals surface area (Å²) >= 11 is 6.25. The Hall–Kier alpha value is -3.98. The van der Waals surface area contributed by atoms with E-state index in [4.69, 9.17) is 11.6 Å². The third kappa shape index (κ3) is 5.19.